The number of hydrogen-bond acceptors (Lipinski definition) is 5. The zero-order valence-corrected chi connectivity index (χ0v) is 9.84. The summed E-state index contributed by atoms with van der Waals surface area (Å²) in [5.41, 5.74) is 0. The third-order valence-electron chi connectivity index (χ3n) is 2.02. The molecule has 104 valence electrons. The van der Waals surface area contributed by atoms with Gasteiger partial charge in [-0.1, -0.05) is 11.3 Å². The van der Waals surface area contributed by atoms with E-state index in [-0.39, 0.29) is 17.5 Å². The van der Waals surface area contributed by atoms with Gasteiger partial charge in [-0.2, -0.15) is 22.0 Å². The third-order valence-corrected chi connectivity index (χ3v) is 2.95. The quantitative estimate of drug-likeness (QED) is 0.882. The molecule has 2 heterocycles. The van der Waals surface area contributed by atoms with Crippen molar-refractivity contribution < 1.29 is 22.0 Å². The molecule has 0 saturated carbocycles. The molecular weight excluding hydrogens is 293 g/mol. The van der Waals surface area contributed by atoms with Crippen LogP contribution in [0.4, 0.5) is 27.1 Å². The van der Waals surface area contributed by atoms with Crippen LogP contribution in [0.1, 0.15) is 17.4 Å². The van der Waals surface area contributed by atoms with Crippen molar-refractivity contribution in [2.75, 3.05) is 5.32 Å². The Hall–Kier alpha value is -1.78. The van der Waals surface area contributed by atoms with Crippen LogP contribution in [0, 0.1) is 0 Å². The lowest BCUT2D eigenvalue weighted by atomic mass is 10.6. The zero-order chi connectivity index (χ0) is 14.0. The molecule has 0 aromatic carbocycles. The number of aromatic nitrogens is 4. The molecule has 0 unspecified atom stereocenters. The Morgan fingerprint density at radius 3 is 2.63 bits per heavy atom. The monoisotopic (exact) mass is 299 g/mol. The fraction of sp³-hybridized carbons (Fsp3) is 0.375. The molecule has 0 bridgehead atoms. The van der Waals surface area contributed by atoms with Gasteiger partial charge in [-0.15, -0.1) is 10.2 Å². The maximum absolute atomic E-state index is 12.5. The summed E-state index contributed by atoms with van der Waals surface area (Å²) in [7, 11) is 0. The van der Waals surface area contributed by atoms with Crippen molar-refractivity contribution in [3.63, 3.8) is 0 Å². The van der Waals surface area contributed by atoms with Gasteiger partial charge in [0.1, 0.15) is 5.82 Å². The van der Waals surface area contributed by atoms with E-state index in [0.717, 1.165) is 6.20 Å². The predicted molar refractivity (Wildman–Crippen MR) is 55.7 cm³/mol. The summed E-state index contributed by atoms with van der Waals surface area (Å²) < 4.78 is 62.3. The Morgan fingerprint density at radius 2 is 2.05 bits per heavy atom. The van der Waals surface area contributed by atoms with Crippen LogP contribution < -0.4 is 5.32 Å². The SMILES string of the molecule is FC(F)n1ccnc1CNc1nnc(C(F)(F)F)s1. The second-order valence-corrected chi connectivity index (χ2v) is 4.27. The molecule has 0 aliphatic heterocycles. The van der Waals surface area contributed by atoms with Crippen molar-refractivity contribution in [2.24, 2.45) is 0 Å². The van der Waals surface area contributed by atoms with Gasteiger partial charge in [0.05, 0.1) is 6.54 Å². The number of rotatable bonds is 4. The number of hydrogen-bond donors (Lipinski definition) is 1. The van der Waals surface area contributed by atoms with E-state index < -0.39 is 17.7 Å². The van der Waals surface area contributed by atoms with Gasteiger partial charge < -0.3 is 5.32 Å². The number of halogens is 5. The molecule has 5 nitrogen and oxygen atoms in total. The molecule has 0 aliphatic carbocycles. The minimum absolute atomic E-state index is 0.0150. The zero-order valence-electron chi connectivity index (χ0n) is 9.03. The van der Waals surface area contributed by atoms with Crippen molar-refractivity contribution in [3.8, 4) is 0 Å². The van der Waals surface area contributed by atoms with Gasteiger partial charge in [0.15, 0.2) is 0 Å². The average molecular weight is 299 g/mol. The molecule has 2 rings (SSSR count). The number of imidazole rings is 1. The summed E-state index contributed by atoms with van der Waals surface area (Å²) in [4.78, 5) is 3.66. The summed E-state index contributed by atoms with van der Waals surface area (Å²) in [5.74, 6) is -0.0150. The summed E-state index contributed by atoms with van der Waals surface area (Å²) in [6, 6.07) is 0. The second-order valence-electron chi connectivity index (χ2n) is 3.29. The van der Waals surface area contributed by atoms with Gasteiger partial charge in [-0.05, 0) is 0 Å². The first-order valence-corrected chi connectivity index (χ1v) is 5.64. The van der Waals surface area contributed by atoms with Crippen molar-refractivity contribution >= 4 is 16.5 Å². The Balaban J connectivity index is 2.03. The largest absolute Gasteiger partial charge is 0.445 e. The van der Waals surface area contributed by atoms with Gasteiger partial charge in [0, 0.05) is 12.4 Å². The molecule has 0 radical (unpaired) electrons. The molecule has 0 atom stereocenters. The summed E-state index contributed by atoms with van der Waals surface area (Å²) in [6.45, 7) is -2.94. The van der Waals surface area contributed by atoms with Crippen molar-refractivity contribution in [3.05, 3.63) is 23.2 Å². The summed E-state index contributed by atoms with van der Waals surface area (Å²) in [6.07, 6.45) is -2.33. The highest BCUT2D eigenvalue weighted by Gasteiger charge is 2.35. The van der Waals surface area contributed by atoms with Gasteiger partial charge in [0.2, 0.25) is 10.1 Å². The average Bonchev–Trinajstić information content (AvgIpc) is 2.94. The third kappa shape index (κ3) is 3.16. The molecule has 2 aromatic heterocycles. The van der Waals surface area contributed by atoms with Gasteiger partial charge in [-0.25, -0.2) is 4.98 Å². The lowest BCUT2D eigenvalue weighted by Crippen LogP contribution is -2.08. The Bertz CT molecular complexity index is 548. The minimum Gasteiger partial charge on any atom is -0.353 e. The van der Waals surface area contributed by atoms with Gasteiger partial charge >= 0.3 is 12.7 Å². The molecule has 1 N–H and O–H groups in total. The standard InChI is InChI=1S/C8H6F5N5S/c9-6(10)18-2-1-14-4(18)3-15-7-17-16-5(19-7)8(11,12)13/h1-2,6H,3H2,(H,15,17). The number of nitrogens with zero attached hydrogens (tertiary/aromatic N) is 4. The van der Waals surface area contributed by atoms with E-state index in [2.05, 4.69) is 20.5 Å². The van der Waals surface area contributed by atoms with Crippen LogP contribution >= 0.6 is 11.3 Å². The Morgan fingerprint density at radius 1 is 1.32 bits per heavy atom. The van der Waals surface area contributed by atoms with Crippen LogP contribution in [0.3, 0.4) is 0 Å². The lowest BCUT2D eigenvalue weighted by Gasteiger charge is -2.06. The van der Waals surface area contributed by atoms with Crippen LogP contribution in [0.25, 0.3) is 0 Å². The van der Waals surface area contributed by atoms with E-state index in [0.29, 0.717) is 15.9 Å². The van der Waals surface area contributed by atoms with E-state index in [9.17, 15) is 22.0 Å². The molecular formula is C8H6F5N5S. The van der Waals surface area contributed by atoms with Crippen molar-refractivity contribution in [2.45, 2.75) is 19.3 Å². The number of nitrogens with one attached hydrogen (secondary N) is 1. The maximum atomic E-state index is 12.5. The normalized spacial score (nSPS) is 12.1. The first-order valence-electron chi connectivity index (χ1n) is 4.82. The van der Waals surface area contributed by atoms with Crippen molar-refractivity contribution in [1.29, 1.82) is 0 Å². The molecule has 0 fully saturated rings. The summed E-state index contributed by atoms with van der Waals surface area (Å²) in [5, 5.41) is 7.46. The fourth-order valence-corrected chi connectivity index (χ4v) is 1.83. The van der Waals surface area contributed by atoms with E-state index >= 15 is 0 Å². The molecule has 0 amide bonds. The highest BCUT2D eigenvalue weighted by molar-refractivity contribution is 7.15. The molecule has 11 heteroatoms. The lowest BCUT2D eigenvalue weighted by molar-refractivity contribution is -0.138. The Labute approximate surface area is 107 Å². The number of alkyl halides is 5. The summed E-state index contributed by atoms with van der Waals surface area (Å²) >= 11 is 0.293. The van der Waals surface area contributed by atoms with Crippen LogP contribution in [-0.4, -0.2) is 19.7 Å². The Kier molecular flexibility index (Phi) is 3.64. The smallest absolute Gasteiger partial charge is 0.353 e. The molecule has 2 aromatic rings. The van der Waals surface area contributed by atoms with Crippen LogP contribution in [0.5, 0.6) is 0 Å². The van der Waals surface area contributed by atoms with Gasteiger partial charge in [0.25, 0.3) is 0 Å². The van der Waals surface area contributed by atoms with E-state index in [1.807, 2.05) is 0 Å². The van der Waals surface area contributed by atoms with Crippen LogP contribution in [0.2, 0.25) is 0 Å². The maximum Gasteiger partial charge on any atom is 0.445 e. The molecule has 0 aliphatic rings. The highest BCUT2D eigenvalue weighted by atomic mass is 32.1. The van der Waals surface area contributed by atoms with Crippen LogP contribution in [-0.2, 0) is 12.7 Å². The first kappa shape index (κ1) is 13.6. The molecule has 19 heavy (non-hydrogen) atoms. The second kappa shape index (κ2) is 5.07. The van der Waals surface area contributed by atoms with Crippen molar-refractivity contribution in [1.82, 2.24) is 19.7 Å². The van der Waals surface area contributed by atoms with Crippen LogP contribution in [0.15, 0.2) is 12.4 Å². The van der Waals surface area contributed by atoms with E-state index in [1.54, 1.807) is 0 Å². The minimum atomic E-state index is -4.57. The molecule has 0 saturated heterocycles. The topological polar surface area (TPSA) is 55.6 Å². The van der Waals surface area contributed by atoms with Gasteiger partial charge in [-0.3, -0.25) is 4.57 Å². The first-order chi connectivity index (χ1) is 8.88. The number of anilines is 1. The predicted octanol–water partition coefficient (Wildman–Crippen LogP) is 2.76. The fourth-order valence-electron chi connectivity index (χ4n) is 1.22. The molecule has 0 spiro atoms. The van der Waals surface area contributed by atoms with E-state index in [4.69, 9.17) is 0 Å². The highest BCUT2D eigenvalue weighted by Crippen LogP contribution is 2.33. The van der Waals surface area contributed by atoms with E-state index in [1.165, 1.54) is 6.20 Å².